The summed E-state index contributed by atoms with van der Waals surface area (Å²) in [5.41, 5.74) is 1.97. The van der Waals surface area contributed by atoms with Crippen LogP contribution >= 0.6 is 11.3 Å². The summed E-state index contributed by atoms with van der Waals surface area (Å²) in [5, 5.41) is 12.7. The summed E-state index contributed by atoms with van der Waals surface area (Å²) in [4.78, 5) is 25.5. The van der Waals surface area contributed by atoms with Crippen molar-refractivity contribution in [2.24, 2.45) is 0 Å². The number of aromatic carboxylic acids is 1. The molecule has 0 unspecified atom stereocenters. The number of amides is 1. The number of anilines is 1. The van der Waals surface area contributed by atoms with Crippen LogP contribution in [0.25, 0.3) is 11.1 Å². The highest BCUT2D eigenvalue weighted by Crippen LogP contribution is 2.50. The number of methoxy groups -OCH3 is 1. The Morgan fingerprint density at radius 2 is 2.06 bits per heavy atom. The van der Waals surface area contributed by atoms with Gasteiger partial charge in [-0.25, -0.2) is 9.18 Å². The van der Waals surface area contributed by atoms with Gasteiger partial charge in [-0.2, -0.15) is 0 Å². The van der Waals surface area contributed by atoms with Gasteiger partial charge in [0.15, 0.2) is 11.5 Å². The summed E-state index contributed by atoms with van der Waals surface area (Å²) in [7, 11) is 1.56. The fourth-order valence-electron chi connectivity index (χ4n) is 3.86. The predicted octanol–water partition coefficient (Wildman–Crippen LogP) is 5.52. The third kappa shape index (κ3) is 4.05. The maximum Gasteiger partial charge on any atom is 0.346 e. The largest absolute Gasteiger partial charge is 0.493 e. The van der Waals surface area contributed by atoms with E-state index in [0.29, 0.717) is 39.8 Å². The number of nitrogens with one attached hydrogen (secondary N) is 1. The first-order valence-corrected chi connectivity index (χ1v) is 11.0. The number of rotatable bonds is 7. The molecule has 6 nitrogen and oxygen atoms in total. The minimum Gasteiger partial charge on any atom is -0.493 e. The third-order valence-electron chi connectivity index (χ3n) is 5.27. The molecule has 0 radical (unpaired) electrons. The molecule has 0 bridgehead atoms. The lowest BCUT2D eigenvalue weighted by Crippen LogP contribution is -2.22. The molecule has 0 saturated heterocycles. The van der Waals surface area contributed by atoms with Crippen LogP contribution in [0, 0.1) is 5.82 Å². The quantitative estimate of drug-likeness (QED) is 0.490. The van der Waals surface area contributed by atoms with Crippen molar-refractivity contribution in [2.45, 2.75) is 25.7 Å². The number of fused-ring (bicyclic) bond motifs is 1. The van der Waals surface area contributed by atoms with Crippen LogP contribution in [0.5, 0.6) is 11.5 Å². The Labute approximate surface area is 188 Å². The molecule has 0 fully saturated rings. The maximum atomic E-state index is 13.9. The van der Waals surface area contributed by atoms with Gasteiger partial charge in [0.25, 0.3) is 0 Å². The lowest BCUT2D eigenvalue weighted by Gasteiger charge is -2.24. The van der Waals surface area contributed by atoms with Gasteiger partial charge in [0.05, 0.1) is 19.4 Å². The monoisotopic (exact) mass is 455 g/mol. The van der Waals surface area contributed by atoms with E-state index in [4.69, 9.17) is 9.47 Å². The average molecular weight is 456 g/mol. The second-order valence-corrected chi connectivity index (χ2v) is 8.48. The summed E-state index contributed by atoms with van der Waals surface area (Å²) in [6.07, 6.45) is 0.988. The molecule has 1 aliphatic heterocycles. The molecule has 0 spiro atoms. The zero-order chi connectivity index (χ0) is 22.8. The van der Waals surface area contributed by atoms with Crippen LogP contribution in [-0.2, 0) is 4.79 Å². The summed E-state index contributed by atoms with van der Waals surface area (Å²) in [5.74, 6) is -1.05. The predicted molar refractivity (Wildman–Crippen MR) is 121 cm³/mol. The number of carboxylic acid groups (broad SMARTS) is 1. The first-order chi connectivity index (χ1) is 15.4. The van der Waals surface area contributed by atoms with Crippen LogP contribution in [0.4, 0.5) is 10.1 Å². The van der Waals surface area contributed by atoms with E-state index in [9.17, 15) is 19.1 Å². The summed E-state index contributed by atoms with van der Waals surface area (Å²) in [6.45, 7) is 2.52. The van der Waals surface area contributed by atoms with Crippen molar-refractivity contribution < 1.29 is 28.6 Å². The van der Waals surface area contributed by atoms with Gasteiger partial charge < -0.3 is 19.9 Å². The molecule has 1 atom stereocenters. The molecule has 0 saturated carbocycles. The smallest absolute Gasteiger partial charge is 0.346 e. The van der Waals surface area contributed by atoms with Gasteiger partial charge in [0.2, 0.25) is 5.91 Å². The summed E-state index contributed by atoms with van der Waals surface area (Å²) >= 11 is 1.10. The van der Waals surface area contributed by atoms with Crippen LogP contribution in [0.3, 0.4) is 0 Å². The number of ether oxygens (including phenoxy) is 2. The zero-order valence-electron chi connectivity index (χ0n) is 17.6. The first kappa shape index (κ1) is 21.8. The standard InChI is InChI=1S/C24H22FNO5S/c1-3-9-31-18-11-13(7-8-17(18)30-2)16-12-19(27)26-21-20(14-5-4-6-15(25)10-14)23(24(28)29)32-22(16)21/h4-8,10-11,16H,3,9,12H2,1-2H3,(H,26,27)(H,28,29)/t16-/m0/s1. The van der Waals surface area contributed by atoms with Crippen LogP contribution in [0.2, 0.25) is 0 Å². The van der Waals surface area contributed by atoms with Crippen molar-refractivity contribution in [1.82, 2.24) is 0 Å². The Balaban J connectivity index is 1.87. The Morgan fingerprint density at radius 3 is 2.75 bits per heavy atom. The van der Waals surface area contributed by atoms with E-state index < -0.39 is 11.8 Å². The van der Waals surface area contributed by atoms with Gasteiger partial charge >= 0.3 is 5.97 Å². The highest BCUT2D eigenvalue weighted by Gasteiger charge is 2.35. The van der Waals surface area contributed by atoms with E-state index in [1.807, 2.05) is 19.1 Å². The molecule has 3 aromatic rings. The molecule has 0 aliphatic carbocycles. The number of carbonyl (C=O) groups is 2. The number of carboxylic acids is 1. The lowest BCUT2D eigenvalue weighted by molar-refractivity contribution is -0.116. The number of benzene rings is 2. The topological polar surface area (TPSA) is 84.9 Å². The van der Waals surface area contributed by atoms with Crippen molar-refractivity contribution in [1.29, 1.82) is 0 Å². The molecule has 32 heavy (non-hydrogen) atoms. The normalized spacial score (nSPS) is 15.1. The van der Waals surface area contributed by atoms with E-state index in [0.717, 1.165) is 23.3 Å². The lowest BCUT2D eigenvalue weighted by atomic mass is 9.88. The van der Waals surface area contributed by atoms with Gasteiger partial charge in [-0.1, -0.05) is 25.1 Å². The van der Waals surface area contributed by atoms with E-state index in [2.05, 4.69) is 5.32 Å². The Bertz CT molecular complexity index is 1190. The molecule has 4 rings (SSSR count). The van der Waals surface area contributed by atoms with Crippen LogP contribution in [0.15, 0.2) is 42.5 Å². The highest BCUT2D eigenvalue weighted by molar-refractivity contribution is 7.15. The van der Waals surface area contributed by atoms with Gasteiger partial charge in [-0.05, 0) is 41.8 Å². The Morgan fingerprint density at radius 1 is 1.25 bits per heavy atom. The maximum absolute atomic E-state index is 13.9. The molecule has 2 aromatic carbocycles. The number of hydrogen-bond acceptors (Lipinski definition) is 5. The Kier molecular flexibility index (Phi) is 6.14. The first-order valence-electron chi connectivity index (χ1n) is 10.2. The average Bonchev–Trinajstić information content (AvgIpc) is 3.16. The van der Waals surface area contributed by atoms with Crippen molar-refractivity contribution in [3.05, 3.63) is 63.6 Å². The molecule has 1 aromatic heterocycles. The van der Waals surface area contributed by atoms with Crippen molar-refractivity contribution >= 4 is 28.9 Å². The molecule has 8 heteroatoms. The number of carbonyl (C=O) groups excluding carboxylic acids is 1. The van der Waals surface area contributed by atoms with Crippen LogP contribution in [-0.4, -0.2) is 30.7 Å². The molecule has 1 amide bonds. The van der Waals surface area contributed by atoms with E-state index in [1.54, 1.807) is 19.2 Å². The second kappa shape index (κ2) is 9.00. The highest BCUT2D eigenvalue weighted by atomic mass is 32.1. The number of halogens is 1. The fraction of sp³-hybridized carbons (Fsp3) is 0.250. The molecule has 2 heterocycles. The molecule has 166 valence electrons. The minimum atomic E-state index is -1.13. The van der Waals surface area contributed by atoms with E-state index in [-0.39, 0.29) is 23.1 Å². The van der Waals surface area contributed by atoms with E-state index >= 15 is 0 Å². The minimum absolute atomic E-state index is 0.0590. The molecule has 1 aliphatic rings. The SMILES string of the molecule is CCCOc1cc([C@@H]2CC(=O)Nc3c2sc(C(=O)O)c3-c2cccc(F)c2)ccc1OC. The van der Waals surface area contributed by atoms with Gasteiger partial charge in [-0.3, -0.25) is 4.79 Å². The summed E-state index contributed by atoms with van der Waals surface area (Å²) < 4.78 is 25.1. The van der Waals surface area contributed by atoms with Gasteiger partial charge in [-0.15, -0.1) is 11.3 Å². The van der Waals surface area contributed by atoms with Crippen molar-refractivity contribution in [2.75, 3.05) is 19.0 Å². The number of hydrogen-bond donors (Lipinski definition) is 2. The van der Waals surface area contributed by atoms with Gasteiger partial charge in [0, 0.05) is 22.8 Å². The van der Waals surface area contributed by atoms with Gasteiger partial charge in [0.1, 0.15) is 10.7 Å². The molecular weight excluding hydrogens is 433 g/mol. The third-order valence-corrected chi connectivity index (χ3v) is 6.56. The Hall–Kier alpha value is -3.39. The summed E-state index contributed by atoms with van der Waals surface area (Å²) in [6, 6.07) is 11.2. The number of thiophene rings is 1. The van der Waals surface area contributed by atoms with Crippen LogP contribution < -0.4 is 14.8 Å². The fourth-order valence-corrected chi connectivity index (χ4v) is 5.11. The van der Waals surface area contributed by atoms with Crippen molar-refractivity contribution in [3.63, 3.8) is 0 Å². The molecule has 2 N–H and O–H groups in total. The van der Waals surface area contributed by atoms with Crippen LogP contribution in [0.1, 0.15) is 45.8 Å². The second-order valence-electron chi connectivity index (χ2n) is 7.42. The zero-order valence-corrected chi connectivity index (χ0v) is 18.4. The van der Waals surface area contributed by atoms with E-state index in [1.165, 1.54) is 18.2 Å². The van der Waals surface area contributed by atoms with Crippen molar-refractivity contribution in [3.8, 4) is 22.6 Å². The molecular formula is C24H22FNO5S.